The number of nitrogen functional groups attached to an aromatic ring is 1. The van der Waals surface area contributed by atoms with Gasteiger partial charge in [-0.15, -0.1) is 4.67 Å². The second-order valence-electron chi connectivity index (χ2n) is 8.12. The Balaban J connectivity index is 1.66. The molecule has 5 N–H and O–H groups in total. The van der Waals surface area contributed by atoms with Crippen LogP contribution in [-0.4, -0.2) is 103 Å². The van der Waals surface area contributed by atoms with Gasteiger partial charge in [0.1, 0.15) is 17.8 Å². The van der Waals surface area contributed by atoms with Gasteiger partial charge in [0.25, 0.3) is 8.09 Å². The topological polar surface area (TPSA) is 214 Å². The predicted molar refractivity (Wildman–Crippen MR) is 121 cm³/mol. The van der Waals surface area contributed by atoms with Crippen molar-refractivity contribution < 1.29 is 39.2 Å². The van der Waals surface area contributed by atoms with E-state index in [1.807, 2.05) is 0 Å². The number of likely N-dealkylation sites (N-methyl/N-ethyl adjacent to an activating group) is 1. The number of carboxylic acid groups (broad SMARTS) is 1. The van der Waals surface area contributed by atoms with Crippen LogP contribution < -0.4 is 15.4 Å². The Morgan fingerprint density at radius 1 is 1.51 bits per heavy atom. The molecule has 0 spiro atoms. The summed E-state index contributed by atoms with van der Waals surface area (Å²) in [7, 11) is -0.826. The summed E-state index contributed by atoms with van der Waals surface area (Å²) in [6.07, 6.45) is -1.88. The Morgan fingerprint density at radius 2 is 2.23 bits per heavy atom. The molecular formula is C19H30N7O8P. The number of methoxy groups -OCH3 is 1. The minimum atomic E-state index is -2.24. The van der Waals surface area contributed by atoms with E-state index in [1.54, 1.807) is 6.92 Å². The second kappa shape index (κ2) is 11.0. The molecule has 0 aliphatic carbocycles. The third-order valence-corrected chi connectivity index (χ3v) is 7.13. The molecule has 0 aromatic carbocycles. The first-order valence-electron chi connectivity index (χ1n) is 10.8. The van der Waals surface area contributed by atoms with Crippen molar-refractivity contribution in [2.24, 2.45) is 4.74 Å². The number of fused-ring (bicyclic) bond motifs is 1. The third kappa shape index (κ3) is 5.67. The number of aliphatic hydroxyl groups excluding tert-OH is 1. The molecule has 1 aliphatic heterocycles. The van der Waals surface area contributed by atoms with Gasteiger partial charge in [0.2, 0.25) is 11.8 Å². The van der Waals surface area contributed by atoms with Crippen molar-refractivity contribution in [2.45, 2.75) is 50.8 Å². The number of hydrogen-bond donors (Lipinski definition) is 4. The van der Waals surface area contributed by atoms with Crippen LogP contribution in [0.15, 0.2) is 11.1 Å². The zero-order valence-electron chi connectivity index (χ0n) is 19.8. The molecule has 0 saturated carbocycles. The lowest BCUT2D eigenvalue weighted by atomic mass is 9.96. The van der Waals surface area contributed by atoms with E-state index in [4.69, 9.17) is 25.1 Å². The average molecular weight is 515 g/mol. The van der Waals surface area contributed by atoms with Gasteiger partial charge in [-0.25, -0.2) is 9.78 Å². The van der Waals surface area contributed by atoms with Gasteiger partial charge in [0, 0.05) is 6.54 Å². The lowest BCUT2D eigenvalue weighted by molar-refractivity contribution is -0.167. The molecule has 3 heterocycles. The first-order chi connectivity index (χ1) is 16.5. The van der Waals surface area contributed by atoms with Crippen LogP contribution in [0.25, 0.3) is 11.2 Å². The van der Waals surface area contributed by atoms with Gasteiger partial charge in [-0.2, -0.15) is 9.97 Å². The molecule has 0 radical (unpaired) electrons. The van der Waals surface area contributed by atoms with Crippen LogP contribution in [0, 0.1) is 0 Å². The smallest absolute Gasteiger partial charge is 0.332 e. The van der Waals surface area contributed by atoms with Crippen molar-refractivity contribution in [3.63, 3.8) is 0 Å². The lowest BCUT2D eigenvalue weighted by Crippen LogP contribution is -2.44. The molecular weight excluding hydrogens is 485 g/mol. The largest absolute Gasteiger partial charge is 0.595 e. The van der Waals surface area contributed by atoms with E-state index in [0.717, 1.165) is 0 Å². The van der Waals surface area contributed by atoms with E-state index in [-0.39, 0.29) is 37.2 Å². The van der Waals surface area contributed by atoms with Crippen molar-refractivity contribution in [1.29, 1.82) is 0 Å². The summed E-state index contributed by atoms with van der Waals surface area (Å²) < 4.78 is 23.4. The summed E-state index contributed by atoms with van der Waals surface area (Å²) in [5.74, 6) is -1.06. The molecule has 2 aromatic heterocycles. The van der Waals surface area contributed by atoms with E-state index in [2.05, 4.69) is 19.7 Å². The van der Waals surface area contributed by atoms with Crippen molar-refractivity contribution in [2.75, 3.05) is 39.1 Å². The van der Waals surface area contributed by atoms with Gasteiger partial charge in [-0.05, 0) is 20.8 Å². The fourth-order valence-electron chi connectivity index (χ4n) is 3.60. The van der Waals surface area contributed by atoms with Crippen LogP contribution >= 0.6 is 8.09 Å². The minimum Gasteiger partial charge on any atom is -0.595 e. The molecule has 6 atom stereocenters. The summed E-state index contributed by atoms with van der Waals surface area (Å²) in [4.78, 5) is 35.5. The van der Waals surface area contributed by atoms with Crippen LogP contribution in [0.1, 0.15) is 27.0 Å². The normalized spacial score (nSPS) is 25.9. The lowest BCUT2D eigenvalue weighted by Gasteiger charge is -2.27. The summed E-state index contributed by atoms with van der Waals surface area (Å²) in [5, 5.41) is 30.6. The molecule has 16 heteroatoms. The third-order valence-electron chi connectivity index (χ3n) is 5.62. The van der Waals surface area contributed by atoms with Gasteiger partial charge >= 0.3 is 5.97 Å². The average Bonchev–Trinajstić information content (AvgIpc) is 3.31. The highest BCUT2D eigenvalue weighted by atomic mass is 31.1. The molecule has 194 valence electrons. The summed E-state index contributed by atoms with van der Waals surface area (Å²) in [6.45, 7) is 5.16. The zero-order valence-corrected chi connectivity index (χ0v) is 20.7. The maximum Gasteiger partial charge on any atom is 0.332 e. The molecule has 2 aromatic rings. The Labute approximate surface area is 202 Å². The van der Waals surface area contributed by atoms with E-state index in [1.165, 1.54) is 36.5 Å². The number of hydrogen-bond acceptors (Lipinski definition) is 12. The van der Waals surface area contributed by atoms with Crippen LogP contribution in [0.5, 0.6) is 5.88 Å². The summed E-state index contributed by atoms with van der Waals surface area (Å²) in [5.41, 5.74) is 4.60. The maximum absolute atomic E-state index is 12.3. The Kier molecular flexibility index (Phi) is 8.54. The number of rotatable bonds is 11. The molecule has 3 unspecified atom stereocenters. The Hall–Kier alpha value is -2.52. The van der Waals surface area contributed by atoms with Gasteiger partial charge in [-0.1, -0.05) is 4.74 Å². The first-order valence-corrected chi connectivity index (χ1v) is 12.0. The zero-order chi connectivity index (χ0) is 25.9. The highest BCUT2D eigenvalue weighted by Crippen LogP contribution is 2.40. The summed E-state index contributed by atoms with van der Waals surface area (Å²) in [6, 6.07) is -1.09. The van der Waals surface area contributed by atoms with Gasteiger partial charge < -0.3 is 40.2 Å². The Morgan fingerprint density at radius 3 is 2.86 bits per heavy atom. The molecule has 15 nitrogen and oxygen atoms in total. The number of ether oxygens (including phenoxy) is 3. The number of anilines is 1. The number of carbonyl (C=O) groups is 1. The standard InChI is InChI=1S/C19H30N7O8P/c1-5-25(35(31)24-10(2)16(28)29)6-7-33-8-11-13(27)19(3,30)17(34-11)26-9-21-12-14(26)22-18(20)23-15(12)32-4/h9-11,13,17,27,30H,5-8H2,1-4H3,(H,28,29)(H2,20,22,23)/t10?,11-,13-,17?,19-/m1/s1. The van der Waals surface area contributed by atoms with Crippen molar-refractivity contribution in [3.05, 3.63) is 6.33 Å². The van der Waals surface area contributed by atoms with Gasteiger partial charge in [-0.3, -0.25) is 4.57 Å². The molecule has 1 fully saturated rings. The van der Waals surface area contributed by atoms with Gasteiger partial charge in [0.15, 0.2) is 23.4 Å². The van der Waals surface area contributed by atoms with Crippen molar-refractivity contribution >= 4 is 31.2 Å². The van der Waals surface area contributed by atoms with Gasteiger partial charge in [0.05, 0.1) is 33.2 Å². The van der Waals surface area contributed by atoms with E-state index in [0.29, 0.717) is 12.1 Å². The number of aromatic nitrogens is 4. The highest BCUT2D eigenvalue weighted by molar-refractivity contribution is 7.36. The SMILES string of the molecule is CCN(CCOC[C@H]1OC(n2cnc3c(OC)nc(N)nc32)[C@](C)(O)[C@@H]1O)/[P+]([O-])=N/C(C)C(=O)O. The molecule has 1 saturated heterocycles. The first kappa shape index (κ1) is 27.1. The highest BCUT2D eigenvalue weighted by Gasteiger charge is 2.53. The molecule has 3 rings (SSSR count). The fourth-order valence-corrected chi connectivity index (χ4v) is 4.64. The molecule has 1 aliphatic rings. The molecule has 0 bridgehead atoms. The number of nitrogens with zero attached hydrogens (tertiary/aromatic N) is 6. The molecule has 0 amide bonds. The van der Waals surface area contributed by atoms with E-state index >= 15 is 0 Å². The number of carboxylic acids is 1. The van der Waals surface area contributed by atoms with Crippen molar-refractivity contribution in [1.82, 2.24) is 24.2 Å². The van der Waals surface area contributed by atoms with Crippen LogP contribution in [0.3, 0.4) is 0 Å². The second-order valence-corrected chi connectivity index (χ2v) is 9.42. The number of imidazole rings is 1. The quantitative estimate of drug-likeness (QED) is 0.211. The number of aliphatic hydroxyl groups is 2. The number of aliphatic carboxylic acids is 1. The summed E-state index contributed by atoms with van der Waals surface area (Å²) >= 11 is 0. The Bertz CT molecular complexity index is 1080. The monoisotopic (exact) mass is 515 g/mol. The van der Waals surface area contributed by atoms with E-state index in [9.17, 15) is 19.9 Å². The van der Waals surface area contributed by atoms with Crippen molar-refractivity contribution in [3.8, 4) is 5.88 Å². The fraction of sp³-hybridized carbons (Fsp3) is 0.684. The van der Waals surface area contributed by atoms with E-state index < -0.39 is 44.1 Å². The van der Waals surface area contributed by atoms with Crippen LogP contribution in [-0.2, 0) is 14.3 Å². The molecule has 35 heavy (non-hydrogen) atoms. The van der Waals surface area contributed by atoms with Crippen LogP contribution in [0.4, 0.5) is 5.95 Å². The number of nitrogens with two attached hydrogens (primary N) is 1. The maximum atomic E-state index is 12.3. The minimum absolute atomic E-state index is 0.0579. The predicted octanol–water partition coefficient (Wildman–Crippen LogP) is -0.906. The van der Waals surface area contributed by atoms with Crippen LogP contribution in [0.2, 0.25) is 0 Å².